The summed E-state index contributed by atoms with van der Waals surface area (Å²) in [6.45, 7) is 8.47. The average molecular weight is 359 g/mol. The van der Waals surface area contributed by atoms with Crippen LogP contribution in [0.15, 0.2) is 30.3 Å². The molecule has 0 radical (unpaired) electrons. The molecule has 4 heteroatoms. The van der Waals surface area contributed by atoms with Crippen LogP contribution in [0.3, 0.4) is 0 Å². The highest BCUT2D eigenvalue weighted by Gasteiger charge is 2.47. The van der Waals surface area contributed by atoms with Gasteiger partial charge in [-0.2, -0.15) is 0 Å². The first-order valence-electron chi connectivity index (χ1n) is 10.4. The van der Waals surface area contributed by atoms with Crippen molar-refractivity contribution in [2.75, 3.05) is 53.1 Å². The molecule has 1 aliphatic carbocycles. The van der Waals surface area contributed by atoms with E-state index >= 15 is 0 Å². The summed E-state index contributed by atoms with van der Waals surface area (Å²) < 4.78 is 11.3. The van der Waals surface area contributed by atoms with Gasteiger partial charge in [0.2, 0.25) is 0 Å². The molecule has 0 aromatic heterocycles. The maximum atomic E-state index is 5.76. The quantitative estimate of drug-likeness (QED) is 0.808. The van der Waals surface area contributed by atoms with Crippen molar-refractivity contribution in [3.63, 3.8) is 0 Å². The van der Waals surface area contributed by atoms with Crippen LogP contribution in [0.4, 0.5) is 0 Å². The van der Waals surface area contributed by atoms with Crippen LogP contribution < -0.4 is 0 Å². The number of ether oxygens (including phenoxy) is 2. The van der Waals surface area contributed by atoms with Crippen LogP contribution in [0.5, 0.6) is 0 Å². The molecule has 0 N–H and O–H groups in total. The van der Waals surface area contributed by atoms with Crippen molar-refractivity contribution in [3.8, 4) is 0 Å². The van der Waals surface area contributed by atoms with Crippen LogP contribution in [0.2, 0.25) is 0 Å². The first kappa shape index (κ1) is 18.4. The Labute approximate surface area is 158 Å². The lowest BCUT2D eigenvalue weighted by Crippen LogP contribution is -2.56. The van der Waals surface area contributed by atoms with E-state index in [2.05, 4.69) is 40.1 Å². The molecule has 2 aliphatic heterocycles. The Balaban J connectivity index is 1.42. The van der Waals surface area contributed by atoms with Crippen molar-refractivity contribution >= 4 is 0 Å². The molecule has 1 aromatic rings. The van der Waals surface area contributed by atoms with E-state index in [0.717, 1.165) is 51.4 Å². The minimum Gasteiger partial charge on any atom is -0.384 e. The molecule has 0 spiro atoms. The topological polar surface area (TPSA) is 24.9 Å². The zero-order valence-electron chi connectivity index (χ0n) is 16.2. The number of hydrogen-bond donors (Lipinski definition) is 0. The lowest BCUT2D eigenvalue weighted by Gasteiger charge is -2.54. The average Bonchev–Trinajstić information content (AvgIpc) is 2.69. The van der Waals surface area contributed by atoms with Crippen LogP contribution in [0, 0.1) is 11.3 Å². The third-order valence-corrected chi connectivity index (χ3v) is 6.97. The van der Waals surface area contributed by atoms with Crippen molar-refractivity contribution in [1.82, 2.24) is 9.80 Å². The van der Waals surface area contributed by atoms with E-state index in [-0.39, 0.29) is 0 Å². The van der Waals surface area contributed by atoms with Gasteiger partial charge in [0.15, 0.2) is 0 Å². The van der Waals surface area contributed by atoms with Crippen molar-refractivity contribution in [2.45, 2.75) is 38.3 Å². The van der Waals surface area contributed by atoms with Crippen LogP contribution in [-0.4, -0.2) is 69.0 Å². The largest absolute Gasteiger partial charge is 0.384 e. The molecule has 144 valence electrons. The maximum Gasteiger partial charge on any atom is 0.0594 e. The van der Waals surface area contributed by atoms with Gasteiger partial charge in [-0.3, -0.25) is 9.80 Å². The number of methoxy groups -OCH3 is 1. The smallest absolute Gasteiger partial charge is 0.0594 e. The molecule has 3 fully saturated rings. The van der Waals surface area contributed by atoms with E-state index < -0.39 is 0 Å². The number of fused-ring (bicyclic) bond motifs is 1. The van der Waals surface area contributed by atoms with E-state index in [1.54, 1.807) is 0 Å². The molecule has 3 aliphatic rings. The SMILES string of the molecule is COC[C@@]12CC[C@@H](N3CCOCC3)C[C@H]1CCN(Cc1ccccc1)C2. The molecule has 0 amide bonds. The van der Waals surface area contributed by atoms with Gasteiger partial charge in [-0.05, 0) is 43.7 Å². The van der Waals surface area contributed by atoms with Crippen LogP contribution in [-0.2, 0) is 16.0 Å². The van der Waals surface area contributed by atoms with E-state index in [1.807, 2.05) is 7.11 Å². The van der Waals surface area contributed by atoms with Crippen molar-refractivity contribution in [2.24, 2.45) is 11.3 Å². The van der Waals surface area contributed by atoms with Gasteiger partial charge in [0, 0.05) is 44.7 Å². The Bertz CT molecular complexity index is 561. The second-order valence-electron chi connectivity index (χ2n) is 8.55. The number of likely N-dealkylation sites (tertiary alicyclic amines) is 1. The number of hydrogen-bond acceptors (Lipinski definition) is 4. The number of benzene rings is 1. The lowest BCUT2D eigenvalue weighted by molar-refractivity contribution is -0.0870. The zero-order valence-corrected chi connectivity index (χ0v) is 16.2. The first-order valence-corrected chi connectivity index (χ1v) is 10.4. The fourth-order valence-electron chi connectivity index (χ4n) is 5.62. The normalized spacial score (nSPS) is 33.7. The van der Waals surface area contributed by atoms with Crippen LogP contribution >= 0.6 is 0 Å². The van der Waals surface area contributed by atoms with Crippen LogP contribution in [0.1, 0.15) is 31.2 Å². The molecular formula is C22H34N2O2. The molecule has 1 aromatic carbocycles. The highest BCUT2D eigenvalue weighted by Crippen LogP contribution is 2.48. The molecule has 4 nitrogen and oxygen atoms in total. The molecule has 26 heavy (non-hydrogen) atoms. The molecule has 2 saturated heterocycles. The number of rotatable bonds is 5. The molecule has 0 bridgehead atoms. The van der Waals surface area contributed by atoms with Crippen molar-refractivity contribution in [1.29, 1.82) is 0 Å². The Kier molecular flexibility index (Phi) is 5.94. The molecule has 0 unspecified atom stereocenters. The summed E-state index contributed by atoms with van der Waals surface area (Å²) in [6.07, 6.45) is 5.29. The summed E-state index contributed by atoms with van der Waals surface area (Å²) in [5.41, 5.74) is 1.78. The summed E-state index contributed by atoms with van der Waals surface area (Å²) in [4.78, 5) is 5.36. The Morgan fingerprint density at radius 3 is 2.69 bits per heavy atom. The fourth-order valence-corrected chi connectivity index (χ4v) is 5.62. The first-order chi connectivity index (χ1) is 12.8. The van der Waals surface area contributed by atoms with Crippen molar-refractivity contribution in [3.05, 3.63) is 35.9 Å². The molecule has 2 heterocycles. The number of nitrogens with zero attached hydrogens (tertiary/aromatic N) is 2. The number of piperidine rings is 1. The summed E-state index contributed by atoms with van der Waals surface area (Å²) in [5, 5.41) is 0. The Morgan fingerprint density at radius 2 is 1.92 bits per heavy atom. The zero-order chi connectivity index (χ0) is 17.8. The molecular weight excluding hydrogens is 324 g/mol. The fraction of sp³-hybridized carbons (Fsp3) is 0.727. The standard InChI is InChI=1S/C22H34N2O2/c1-25-18-22-9-7-21(24-11-13-26-14-12-24)15-20(22)8-10-23(17-22)16-19-5-3-2-4-6-19/h2-6,20-21H,7-18H2,1H3/t20-,21-,22+/m1/s1. The Morgan fingerprint density at radius 1 is 1.12 bits per heavy atom. The second-order valence-corrected chi connectivity index (χ2v) is 8.55. The lowest BCUT2D eigenvalue weighted by atomic mass is 9.61. The third kappa shape index (κ3) is 3.99. The third-order valence-electron chi connectivity index (χ3n) is 6.97. The molecule has 3 atom stereocenters. The summed E-state index contributed by atoms with van der Waals surface area (Å²) in [5.74, 6) is 0.802. The van der Waals surface area contributed by atoms with Gasteiger partial charge in [0.25, 0.3) is 0 Å². The highest BCUT2D eigenvalue weighted by molar-refractivity contribution is 5.15. The van der Waals surface area contributed by atoms with E-state index in [0.29, 0.717) is 5.41 Å². The summed E-state index contributed by atoms with van der Waals surface area (Å²) in [6, 6.07) is 11.7. The van der Waals surface area contributed by atoms with Gasteiger partial charge < -0.3 is 9.47 Å². The minimum absolute atomic E-state index is 0.352. The monoisotopic (exact) mass is 358 g/mol. The number of morpholine rings is 1. The summed E-state index contributed by atoms with van der Waals surface area (Å²) in [7, 11) is 1.88. The minimum atomic E-state index is 0.352. The van der Waals surface area contributed by atoms with E-state index in [9.17, 15) is 0 Å². The molecule has 1 saturated carbocycles. The van der Waals surface area contributed by atoms with Crippen LogP contribution in [0.25, 0.3) is 0 Å². The van der Waals surface area contributed by atoms with Crippen molar-refractivity contribution < 1.29 is 9.47 Å². The van der Waals surface area contributed by atoms with E-state index in [1.165, 1.54) is 44.3 Å². The predicted octanol–water partition coefficient (Wildman–Crippen LogP) is 3.03. The highest BCUT2D eigenvalue weighted by atomic mass is 16.5. The predicted molar refractivity (Wildman–Crippen MR) is 104 cm³/mol. The summed E-state index contributed by atoms with van der Waals surface area (Å²) >= 11 is 0. The van der Waals surface area contributed by atoms with Gasteiger partial charge in [0.1, 0.15) is 0 Å². The van der Waals surface area contributed by atoms with Gasteiger partial charge in [-0.15, -0.1) is 0 Å². The van der Waals surface area contributed by atoms with E-state index in [4.69, 9.17) is 9.47 Å². The van der Waals surface area contributed by atoms with Gasteiger partial charge in [0.05, 0.1) is 19.8 Å². The maximum absolute atomic E-state index is 5.76. The van der Waals surface area contributed by atoms with Gasteiger partial charge >= 0.3 is 0 Å². The van der Waals surface area contributed by atoms with Gasteiger partial charge in [-0.25, -0.2) is 0 Å². The second kappa shape index (κ2) is 8.39. The van der Waals surface area contributed by atoms with Gasteiger partial charge in [-0.1, -0.05) is 30.3 Å². The Hall–Kier alpha value is -0.940. The molecule has 4 rings (SSSR count).